The lowest BCUT2D eigenvalue weighted by molar-refractivity contribution is -0.870. The average Bonchev–Trinajstić information content (AvgIpc) is 3.12. The van der Waals surface area contributed by atoms with E-state index in [4.69, 9.17) is 18.5 Å². The normalized spacial score (nSPS) is 14.1. The number of unbranched alkanes of at least 4 members (excludes halogenated alkanes) is 16. The first-order chi connectivity index (χ1) is 26.0. The molecule has 0 aliphatic carbocycles. The first-order valence-corrected chi connectivity index (χ1v) is 22.8. The molecule has 0 saturated carbocycles. The van der Waals surface area contributed by atoms with Crippen LogP contribution in [0.1, 0.15) is 168 Å². The molecule has 0 aromatic heterocycles. The monoisotopic (exact) mass is 782 g/mol. The minimum atomic E-state index is -4.64. The van der Waals surface area contributed by atoms with E-state index in [9.17, 15) is 19.0 Å². The van der Waals surface area contributed by atoms with Crippen LogP contribution in [0.5, 0.6) is 0 Å². The van der Waals surface area contributed by atoms with Crippen LogP contribution in [0.25, 0.3) is 0 Å². The maximum atomic E-state index is 12.6. The van der Waals surface area contributed by atoms with E-state index in [-0.39, 0.29) is 26.1 Å². The average molecular weight is 782 g/mol. The van der Waals surface area contributed by atoms with E-state index in [0.29, 0.717) is 23.9 Å². The number of phosphoric acid groups is 1. The second kappa shape index (κ2) is 36.6. The van der Waals surface area contributed by atoms with Gasteiger partial charge in [0, 0.05) is 12.8 Å². The Morgan fingerprint density at radius 2 is 1.04 bits per heavy atom. The number of hydrogen-bond donors (Lipinski definition) is 0. The van der Waals surface area contributed by atoms with Gasteiger partial charge in [-0.3, -0.25) is 14.2 Å². The van der Waals surface area contributed by atoms with Crippen LogP contribution in [-0.4, -0.2) is 70.0 Å². The Morgan fingerprint density at radius 3 is 1.57 bits per heavy atom. The van der Waals surface area contributed by atoms with Crippen molar-refractivity contribution in [2.75, 3.05) is 47.5 Å². The first kappa shape index (κ1) is 52.0. The van der Waals surface area contributed by atoms with Crippen LogP contribution in [0.4, 0.5) is 0 Å². The van der Waals surface area contributed by atoms with E-state index in [0.717, 1.165) is 44.9 Å². The molecule has 0 aliphatic heterocycles. The number of carbonyl (C=O) groups excluding carboxylic acids is 2. The Hall–Kier alpha value is -2.03. The Morgan fingerprint density at radius 1 is 0.574 bits per heavy atom. The number of nitrogens with zero attached hydrogens (tertiary/aromatic N) is 1. The van der Waals surface area contributed by atoms with Crippen molar-refractivity contribution < 1.29 is 42.1 Å². The van der Waals surface area contributed by atoms with Crippen molar-refractivity contribution in [3.05, 3.63) is 48.6 Å². The molecule has 0 heterocycles. The lowest BCUT2D eigenvalue weighted by atomic mass is 10.1. The number of ether oxygens (including phenoxy) is 2. The minimum Gasteiger partial charge on any atom is -0.756 e. The van der Waals surface area contributed by atoms with E-state index in [1.807, 2.05) is 33.3 Å². The van der Waals surface area contributed by atoms with Gasteiger partial charge < -0.3 is 27.9 Å². The third kappa shape index (κ3) is 39.7. The number of carbonyl (C=O) groups is 2. The highest BCUT2D eigenvalue weighted by molar-refractivity contribution is 7.45. The molecule has 0 saturated heterocycles. The largest absolute Gasteiger partial charge is 0.756 e. The Labute approximate surface area is 331 Å². The van der Waals surface area contributed by atoms with Crippen LogP contribution in [0.15, 0.2) is 48.6 Å². The van der Waals surface area contributed by atoms with Crippen molar-refractivity contribution in [3.63, 3.8) is 0 Å². The van der Waals surface area contributed by atoms with Gasteiger partial charge in [0.1, 0.15) is 19.8 Å². The smallest absolute Gasteiger partial charge is 0.306 e. The van der Waals surface area contributed by atoms with Crippen LogP contribution < -0.4 is 4.89 Å². The van der Waals surface area contributed by atoms with Gasteiger partial charge in [-0.05, 0) is 64.2 Å². The Bertz CT molecular complexity index is 1070. The van der Waals surface area contributed by atoms with Gasteiger partial charge >= 0.3 is 11.9 Å². The Balaban J connectivity index is 4.44. The molecule has 10 heteroatoms. The SMILES string of the molecule is CCCCC/C=C/C/C=C/CCCCCCCCCC(=O)OCC(COP(=O)([O-])OCC[N+](C)(C)C)OC(=O)CC/C=C/C/C=C/CCCCCCCC. The molecule has 2 atom stereocenters. The van der Waals surface area contributed by atoms with Gasteiger partial charge in [0.05, 0.1) is 27.7 Å². The molecule has 0 rings (SSSR count). The van der Waals surface area contributed by atoms with Gasteiger partial charge in [-0.15, -0.1) is 0 Å². The van der Waals surface area contributed by atoms with Crippen LogP contribution >= 0.6 is 7.82 Å². The fourth-order valence-electron chi connectivity index (χ4n) is 5.44. The summed E-state index contributed by atoms with van der Waals surface area (Å²) in [5.74, 6) is -0.924. The zero-order chi connectivity index (χ0) is 40.0. The first-order valence-electron chi connectivity index (χ1n) is 21.3. The van der Waals surface area contributed by atoms with E-state index >= 15 is 0 Å². The molecule has 9 nitrogen and oxygen atoms in total. The number of rotatable bonds is 38. The predicted octanol–water partition coefficient (Wildman–Crippen LogP) is 11.3. The number of likely N-dealkylation sites (N-methyl/N-ethyl adjacent to an activating group) is 1. The Kier molecular flexibility index (Phi) is 35.2. The standard InChI is InChI=1S/C44H80NO8P/c1-6-8-10-12-14-16-18-20-21-22-23-25-26-28-30-32-34-36-43(46)50-40-42(41-52-54(48,49)51-39-38-45(3,4)5)53-44(47)37-35-33-31-29-27-24-19-17-15-13-11-9-7-2/h14,16,20-21,24,27,31,33,42H,6-13,15,17-19,22-23,25-26,28-30,32,34-41H2,1-5H3/b16-14+,21-20+,27-24+,33-31+. The molecule has 0 N–H and O–H groups in total. The second-order valence-corrected chi connectivity index (χ2v) is 16.8. The maximum Gasteiger partial charge on any atom is 0.306 e. The molecule has 0 bridgehead atoms. The van der Waals surface area contributed by atoms with Gasteiger partial charge in [0.2, 0.25) is 0 Å². The summed E-state index contributed by atoms with van der Waals surface area (Å²) in [4.78, 5) is 37.4. The molecule has 0 fully saturated rings. The third-order valence-electron chi connectivity index (χ3n) is 8.83. The van der Waals surface area contributed by atoms with Crippen molar-refractivity contribution in [3.8, 4) is 0 Å². The molecule has 2 unspecified atom stereocenters. The quantitative estimate of drug-likeness (QED) is 0.0200. The number of allylic oxidation sites excluding steroid dienone is 8. The lowest BCUT2D eigenvalue weighted by Gasteiger charge is -2.28. The summed E-state index contributed by atoms with van der Waals surface area (Å²) in [6.07, 6.45) is 41.5. The fraction of sp³-hybridized carbons (Fsp3) is 0.773. The molecule has 0 radical (unpaired) electrons. The number of esters is 2. The maximum absolute atomic E-state index is 12.6. The number of quaternary nitrogens is 1. The van der Waals surface area contributed by atoms with Gasteiger partial charge in [-0.1, -0.05) is 140 Å². The molecular weight excluding hydrogens is 701 g/mol. The summed E-state index contributed by atoms with van der Waals surface area (Å²) in [7, 11) is 1.12. The van der Waals surface area contributed by atoms with Crippen molar-refractivity contribution in [2.45, 2.75) is 174 Å². The molecule has 0 spiro atoms. The van der Waals surface area contributed by atoms with Crippen LogP contribution in [0.2, 0.25) is 0 Å². The second-order valence-electron chi connectivity index (χ2n) is 15.3. The van der Waals surface area contributed by atoms with Crippen molar-refractivity contribution in [2.24, 2.45) is 0 Å². The molecule has 0 aromatic carbocycles. The van der Waals surface area contributed by atoms with Crippen LogP contribution in [-0.2, 0) is 32.7 Å². The van der Waals surface area contributed by atoms with E-state index in [1.54, 1.807) is 0 Å². The molecule has 0 aliphatic rings. The highest BCUT2D eigenvalue weighted by atomic mass is 31.2. The zero-order valence-electron chi connectivity index (χ0n) is 35.2. The number of phosphoric ester groups is 1. The molecule has 0 aromatic rings. The topological polar surface area (TPSA) is 111 Å². The van der Waals surface area contributed by atoms with Crippen LogP contribution in [0, 0.1) is 0 Å². The number of hydrogen-bond acceptors (Lipinski definition) is 8. The summed E-state index contributed by atoms with van der Waals surface area (Å²) in [6.45, 7) is 4.10. The summed E-state index contributed by atoms with van der Waals surface area (Å²) in [5, 5.41) is 0. The van der Waals surface area contributed by atoms with Crippen molar-refractivity contribution >= 4 is 19.8 Å². The van der Waals surface area contributed by atoms with Gasteiger partial charge in [0.25, 0.3) is 7.82 Å². The summed E-state index contributed by atoms with van der Waals surface area (Å²) in [5.41, 5.74) is 0. The lowest BCUT2D eigenvalue weighted by Crippen LogP contribution is -2.37. The third-order valence-corrected chi connectivity index (χ3v) is 9.80. The van der Waals surface area contributed by atoms with E-state index in [1.165, 1.54) is 83.5 Å². The van der Waals surface area contributed by atoms with Gasteiger partial charge in [0.15, 0.2) is 6.10 Å². The van der Waals surface area contributed by atoms with E-state index in [2.05, 4.69) is 50.3 Å². The van der Waals surface area contributed by atoms with Crippen molar-refractivity contribution in [1.82, 2.24) is 0 Å². The van der Waals surface area contributed by atoms with Gasteiger partial charge in [-0.2, -0.15) is 0 Å². The van der Waals surface area contributed by atoms with Crippen molar-refractivity contribution in [1.29, 1.82) is 0 Å². The van der Waals surface area contributed by atoms with Gasteiger partial charge in [-0.25, -0.2) is 0 Å². The predicted molar refractivity (Wildman–Crippen MR) is 222 cm³/mol. The summed E-state index contributed by atoms with van der Waals surface area (Å²) in [6, 6.07) is 0. The van der Waals surface area contributed by atoms with E-state index < -0.39 is 32.5 Å². The molecule has 0 amide bonds. The molecule has 314 valence electrons. The molecular formula is C44H80NO8P. The molecule has 54 heavy (non-hydrogen) atoms. The highest BCUT2D eigenvalue weighted by Gasteiger charge is 2.21. The minimum absolute atomic E-state index is 0.0427. The van der Waals surface area contributed by atoms with Crippen LogP contribution in [0.3, 0.4) is 0 Å². The summed E-state index contributed by atoms with van der Waals surface area (Å²) >= 11 is 0. The zero-order valence-corrected chi connectivity index (χ0v) is 36.0. The highest BCUT2D eigenvalue weighted by Crippen LogP contribution is 2.38. The fourth-order valence-corrected chi connectivity index (χ4v) is 6.17. The summed E-state index contributed by atoms with van der Waals surface area (Å²) < 4.78 is 33.7.